The second-order valence-corrected chi connectivity index (χ2v) is 5.24. The summed E-state index contributed by atoms with van der Waals surface area (Å²) in [4.78, 5) is 4.31. The number of pyridine rings is 1. The fourth-order valence-corrected chi connectivity index (χ4v) is 1.92. The van der Waals surface area contributed by atoms with Gasteiger partial charge in [-0.3, -0.25) is 5.41 Å². The van der Waals surface area contributed by atoms with Crippen molar-refractivity contribution < 1.29 is 0 Å². The number of amidine groups is 1. The Bertz CT molecular complexity index is 349. The van der Waals surface area contributed by atoms with Gasteiger partial charge in [0.15, 0.2) is 0 Å². The number of nitrogen functional groups attached to an aromatic ring is 1. The molecule has 3 N–H and O–H groups in total. The summed E-state index contributed by atoms with van der Waals surface area (Å²) in [6.45, 7) is 6.55. The molecule has 0 aliphatic carbocycles. The maximum atomic E-state index is 7.31. The van der Waals surface area contributed by atoms with Crippen LogP contribution in [0.15, 0.2) is 23.2 Å². The van der Waals surface area contributed by atoms with Crippen LogP contribution in [0.5, 0.6) is 0 Å². The monoisotopic (exact) mass is 223 g/mol. The molecule has 3 nitrogen and oxygen atoms in total. The van der Waals surface area contributed by atoms with E-state index in [0.717, 1.165) is 5.03 Å². The van der Waals surface area contributed by atoms with Crippen molar-refractivity contribution in [2.24, 2.45) is 11.7 Å². The molecule has 15 heavy (non-hydrogen) atoms. The zero-order valence-electron chi connectivity index (χ0n) is 9.32. The number of nitrogens with two attached hydrogens (primary N) is 1. The predicted octanol–water partition coefficient (Wildman–Crippen LogP) is 2.50. The van der Waals surface area contributed by atoms with E-state index in [9.17, 15) is 0 Å². The molecule has 0 radical (unpaired) electrons. The van der Waals surface area contributed by atoms with E-state index in [-0.39, 0.29) is 5.84 Å². The first-order valence-electron chi connectivity index (χ1n) is 4.99. The van der Waals surface area contributed by atoms with Crippen LogP contribution in [-0.4, -0.2) is 16.1 Å². The van der Waals surface area contributed by atoms with Crippen LogP contribution in [-0.2, 0) is 0 Å². The Morgan fingerprint density at radius 1 is 1.40 bits per heavy atom. The molecule has 0 aliphatic rings. The molecule has 0 aromatic carbocycles. The second kappa shape index (κ2) is 5.16. The topological polar surface area (TPSA) is 62.8 Å². The van der Waals surface area contributed by atoms with Gasteiger partial charge in [-0.15, -0.1) is 11.8 Å². The van der Waals surface area contributed by atoms with Gasteiger partial charge in [-0.25, -0.2) is 4.98 Å². The Balaban J connectivity index is 2.78. The van der Waals surface area contributed by atoms with Crippen molar-refractivity contribution in [3.8, 4) is 0 Å². The van der Waals surface area contributed by atoms with Gasteiger partial charge in [0.25, 0.3) is 0 Å². The van der Waals surface area contributed by atoms with Gasteiger partial charge in [0, 0.05) is 5.25 Å². The van der Waals surface area contributed by atoms with Gasteiger partial charge in [-0.1, -0.05) is 26.8 Å². The van der Waals surface area contributed by atoms with E-state index in [2.05, 4.69) is 25.8 Å². The minimum Gasteiger partial charge on any atom is -0.382 e. The van der Waals surface area contributed by atoms with Crippen molar-refractivity contribution >= 4 is 17.6 Å². The summed E-state index contributed by atoms with van der Waals surface area (Å²) in [7, 11) is 0. The molecule has 0 saturated carbocycles. The lowest BCUT2D eigenvalue weighted by atomic mass is 10.2. The number of hydrogen-bond acceptors (Lipinski definition) is 3. The summed E-state index contributed by atoms with van der Waals surface area (Å²) >= 11 is 1.72. The third-order valence-corrected chi connectivity index (χ3v) is 3.63. The van der Waals surface area contributed by atoms with Crippen molar-refractivity contribution in [1.82, 2.24) is 4.98 Å². The minimum absolute atomic E-state index is 0.0228. The summed E-state index contributed by atoms with van der Waals surface area (Å²) < 4.78 is 0. The van der Waals surface area contributed by atoms with Gasteiger partial charge in [-0.2, -0.15) is 0 Å². The number of rotatable bonds is 4. The molecule has 1 atom stereocenters. The molecule has 0 saturated heterocycles. The molecule has 1 unspecified atom stereocenters. The third kappa shape index (κ3) is 3.55. The normalized spacial score (nSPS) is 12.8. The van der Waals surface area contributed by atoms with Gasteiger partial charge in [0.1, 0.15) is 11.5 Å². The van der Waals surface area contributed by atoms with Crippen molar-refractivity contribution in [2.75, 3.05) is 0 Å². The second-order valence-electron chi connectivity index (χ2n) is 3.84. The molecule has 82 valence electrons. The summed E-state index contributed by atoms with van der Waals surface area (Å²) in [6, 6.07) is 5.60. The lowest BCUT2D eigenvalue weighted by Crippen LogP contribution is -2.13. The Kier molecular flexibility index (Phi) is 4.15. The highest BCUT2D eigenvalue weighted by atomic mass is 32.2. The molecule has 1 aromatic rings. The fourth-order valence-electron chi connectivity index (χ4n) is 0.957. The van der Waals surface area contributed by atoms with E-state index in [0.29, 0.717) is 16.9 Å². The van der Waals surface area contributed by atoms with Crippen LogP contribution in [0.1, 0.15) is 26.5 Å². The number of nitrogens with one attached hydrogen (secondary N) is 1. The first kappa shape index (κ1) is 12.0. The molecule has 1 heterocycles. The SMILES string of the molecule is CC(C)C(C)Sc1cccc(C(=N)N)n1. The summed E-state index contributed by atoms with van der Waals surface area (Å²) in [5, 5.41) is 8.75. The third-order valence-electron chi connectivity index (χ3n) is 2.24. The number of thioether (sulfide) groups is 1. The molecule has 0 fully saturated rings. The van der Waals surface area contributed by atoms with Crippen LogP contribution in [0.2, 0.25) is 0 Å². The average molecular weight is 223 g/mol. The zero-order chi connectivity index (χ0) is 11.4. The van der Waals surface area contributed by atoms with Crippen molar-refractivity contribution in [2.45, 2.75) is 31.0 Å². The molecular weight excluding hydrogens is 206 g/mol. The maximum absolute atomic E-state index is 7.31. The molecule has 1 rings (SSSR count). The molecular formula is C11H17N3S. The Morgan fingerprint density at radius 2 is 2.07 bits per heavy atom. The van der Waals surface area contributed by atoms with Gasteiger partial charge in [0.05, 0.1) is 5.03 Å². The Morgan fingerprint density at radius 3 is 2.60 bits per heavy atom. The maximum Gasteiger partial charge on any atom is 0.141 e. The van der Waals surface area contributed by atoms with E-state index in [1.54, 1.807) is 17.8 Å². The highest BCUT2D eigenvalue weighted by Gasteiger charge is 2.10. The van der Waals surface area contributed by atoms with E-state index in [1.807, 2.05) is 12.1 Å². The van der Waals surface area contributed by atoms with E-state index in [1.165, 1.54) is 0 Å². The summed E-state index contributed by atoms with van der Waals surface area (Å²) in [5.41, 5.74) is 5.94. The van der Waals surface area contributed by atoms with E-state index >= 15 is 0 Å². The van der Waals surface area contributed by atoms with Gasteiger partial charge in [-0.05, 0) is 18.1 Å². The van der Waals surface area contributed by atoms with Crippen LogP contribution in [0.4, 0.5) is 0 Å². The van der Waals surface area contributed by atoms with Crippen LogP contribution in [0.3, 0.4) is 0 Å². The Labute approximate surface area is 95.0 Å². The largest absolute Gasteiger partial charge is 0.382 e. The summed E-state index contributed by atoms with van der Waals surface area (Å²) in [5.74, 6) is 0.632. The smallest absolute Gasteiger partial charge is 0.141 e. The van der Waals surface area contributed by atoms with Crippen LogP contribution in [0.25, 0.3) is 0 Å². The van der Waals surface area contributed by atoms with E-state index in [4.69, 9.17) is 11.1 Å². The number of aromatic nitrogens is 1. The lowest BCUT2D eigenvalue weighted by molar-refractivity contribution is 0.641. The summed E-state index contributed by atoms with van der Waals surface area (Å²) in [6.07, 6.45) is 0. The lowest BCUT2D eigenvalue weighted by Gasteiger charge is -2.14. The number of hydrogen-bond donors (Lipinski definition) is 2. The molecule has 0 amide bonds. The highest BCUT2D eigenvalue weighted by molar-refractivity contribution is 7.99. The average Bonchev–Trinajstić information content (AvgIpc) is 2.18. The first-order valence-corrected chi connectivity index (χ1v) is 5.86. The minimum atomic E-state index is 0.0228. The van der Waals surface area contributed by atoms with Crippen molar-refractivity contribution in [3.05, 3.63) is 23.9 Å². The van der Waals surface area contributed by atoms with Crippen LogP contribution < -0.4 is 5.73 Å². The standard InChI is InChI=1S/C11H17N3S/c1-7(2)8(3)15-10-6-4-5-9(14-10)11(12)13/h4-8H,1-3H3,(H3,12,13). The van der Waals surface area contributed by atoms with Gasteiger partial charge < -0.3 is 5.73 Å². The molecule has 1 aromatic heterocycles. The first-order chi connectivity index (χ1) is 7.00. The van der Waals surface area contributed by atoms with Gasteiger partial charge in [0.2, 0.25) is 0 Å². The van der Waals surface area contributed by atoms with Crippen molar-refractivity contribution in [1.29, 1.82) is 5.41 Å². The van der Waals surface area contributed by atoms with E-state index < -0.39 is 0 Å². The van der Waals surface area contributed by atoms with Crippen molar-refractivity contribution in [3.63, 3.8) is 0 Å². The fraction of sp³-hybridized carbons (Fsp3) is 0.455. The Hall–Kier alpha value is -1.03. The quantitative estimate of drug-likeness (QED) is 0.468. The number of nitrogens with zero attached hydrogens (tertiary/aromatic N) is 1. The molecule has 4 heteroatoms. The predicted molar refractivity (Wildman–Crippen MR) is 65.4 cm³/mol. The highest BCUT2D eigenvalue weighted by Crippen LogP contribution is 2.25. The molecule has 0 bridgehead atoms. The van der Waals surface area contributed by atoms with Gasteiger partial charge >= 0.3 is 0 Å². The molecule has 0 spiro atoms. The van der Waals surface area contributed by atoms with Crippen LogP contribution >= 0.6 is 11.8 Å². The zero-order valence-corrected chi connectivity index (χ0v) is 10.1. The molecule has 0 aliphatic heterocycles. The van der Waals surface area contributed by atoms with Crippen LogP contribution in [0, 0.1) is 11.3 Å².